The third-order valence-electron chi connectivity index (χ3n) is 1.62. The van der Waals surface area contributed by atoms with E-state index in [0.29, 0.717) is 5.56 Å². The average Bonchev–Trinajstić information content (AvgIpc) is 2.01. The van der Waals surface area contributed by atoms with Crippen molar-refractivity contribution < 1.29 is 14.3 Å². The first kappa shape index (κ1) is 10.7. The summed E-state index contributed by atoms with van der Waals surface area (Å²) in [7, 11) is 0. The molecule has 0 bridgehead atoms. The van der Waals surface area contributed by atoms with Crippen LogP contribution in [0.1, 0.15) is 11.1 Å². The molecule has 1 aromatic rings. The molecular formula is C10H8ClFO2. The van der Waals surface area contributed by atoms with Crippen LogP contribution >= 0.6 is 11.6 Å². The summed E-state index contributed by atoms with van der Waals surface area (Å²) in [5.74, 6) is -1.66. The fourth-order valence-electron chi connectivity index (χ4n) is 1.02. The summed E-state index contributed by atoms with van der Waals surface area (Å²) in [6, 6.07) is 2.87. The minimum atomic E-state index is -1.14. The molecule has 0 aliphatic rings. The number of aryl methyl sites for hydroxylation is 1. The van der Waals surface area contributed by atoms with E-state index >= 15 is 0 Å². The van der Waals surface area contributed by atoms with E-state index in [1.54, 1.807) is 13.0 Å². The van der Waals surface area contributed by atoms with Crippen molar-refractivity contribution in [2.75, 3.05) is 0 Å². The monoisotopic (exact) mass is 214 g/mol. The van der Waals surface area contributed by atoms with Crippen LogP contribution in [0.4, 0.5) is 4.39 Å². The lowest BCUT2D eigenvalue weighted by atomic mass is 10.1. The second-order valence-corrected chi connectivity index (χ2v) is 3.22. The van der Waals surface area contributed by atoms with Crippen LogP contribution in [0.2, 0.25) is 5.02 Å². The molecule has 0 aromatic heterocycles. The second kappa shape index (κ2) is 4.24. The van der Waals surface area contributed by atoms with Crippen LogP contribution < -0.4 is 0 Å². The van der Waals surface area contributed by atoms with E-state index in [9.17, 15) is 9.18 Å². The zero-order valence-electron chi connectivity index (χ0n) is 7.42. The van der Waals surface area contributed by atoms with Gasteiger partial charge in [0.25, 0.3) is 0 Å². The van der Waals surface area contributed by atoms with Crippen LogP contribution in [0.25, 0.3) is 6.08 Å². The Morgan fingerprint density at radius 3 is 2.71 bits per heavy atom. The minimum absolute atomic E-state index is 0.0969. The molecule has 0 saturated carbocycles. The quantitative estimate of drug-likeness (QED) is 0.769. The lowest BCUT2D eigenvalue weighted by molar-refractivity contribution is -0.131. The molecule has 0 fully saturated rings. The molecule has 4 heteroatoms. The first-order valence-electron chi connectivity index (χ1n) is 3.87. The summed E-state index contributed by atoms with van der Waals surface area (Å²) in [4.78, 5) is 10.2. The largest absolute Gasteiger partial charge is 0.478 e. The van der Waals surface area contributed by atoms with Gasteiger partial charge < -0.3 is 5.11 Å². The molecule has 0 aliphatic carbocycles. The van der Waals surface area contributed by atoms with E-state index in [1.165, 1.54) is 6.07 Å². The topological polar surface area (TPSA) is 37.3 Å². The Balaban J connectivity index is 3.15. The Kier molecular flexibility index (Phi) is 3.25. The van der Waals surface area contributed by atoms with Gasteiger partial charge in [-0.15, -0.1) is 0 Å². The van der Waals surface area contributed by atoms with Crippen molar-refractivity contribution in [3.8, 4) is 0 Å². The van der Waals surface area contributed by atoms with E-state index in [-0.39, 0.29) is 10.6 Å². The first-order chi connectivity index (χ1) is 6.50. The highest BCUT2D eigenvalue weighted by Gasteiger charge is 2.05. The van der Waals surface area contributed by atoms with Crippen LogP contribution in [0, 0.1) is 12.7 Å². The molecule has 1 N–H and O–H groups in total. The minimum Gasteiger partial charge on any atom is -0.478 e. The Morgan fingerprint density at radius 2 is 2.21 bits per heavy atom. The zero-order chi connectivity index (χ0) is 10.7. The summed E-state index contributed by atoms with van der Waals surface area (Å²) in [5.41, 5.74) is 0.791. The van der Waals surface area contributed by atoms with Gasteiger partial charge in [-0.2, -0.15) is 0 Å². The molecule has 2 nitrogen and oxygen atoms in total. The van der Waals surface area contributed by atoms with E-state index in [1.807, 2.05) is 0 Å². The second-order valence-electron chi connectivity index (χ2n) is 2.81. The van der Waals surface area contributed by atoms with Gasteiger partial charge in [-0.25, -0.2) is 9.18 Å². The predicted molar refractivity (Wildman–Crippen MR) is 52.8 cm³/mol. The van der Waals surface area contributed by atoms with Crippen molar-refractivity contribution >= 4 is 23.6 Å². The summed E-state index contributed by atoms with van der Waals surface area (Å²) in [5, 5.41) is 8.57. The summed E-state index contributed by atoms with van der Waals surface area (Å²) >= 11 is 5.73. The highest BCUT2D eigenvalue weighted by atomic mass is 35.5. The lowest BCUT2D eigenvalue weighted by Crippen LogP contribution is -1.89. The number of halogens is 2. The van der Waals surface area contributed by atoms with E-state index < -0.39 is 11.8 Å². The number of hydrogen-bond acceptors (Lipinski definition) is 1. The Morgan fingerprint density at radius 1 is 1.57 bits per heavy atom. The van der Waals surface area contributed by atoms with Gasteiger partial charge in [0, 0.05) is 11.6 Å². The fraction of sp³-hybridized carbons (Fsp3) is 0.100. The molecule has 0 radical (unpaired) electrons. The highest BCUT2D eigenvalue weighted by molar-refractivity contribution is 6.32. The standard InChI is InChI=1S/C10H8ClFO2/c1-6-4-8(11)7(9(12)5-6)2-3-10(13)14/h2-5H,1H3,(H,13,14)/b3-2+. The van der Waals surface area contributed by atoms with Gasteiger partial charge in [-0.3, -0.25) is 0 Å². The Bertz CT molecular complexity index is 376. The summed E-state index contributed by atoms with van der Waals surface area (Å²) in [6.07, 6.45) is 1.99. The number of carbonyl (C=O) groups is 1. The van der Waals surface area contributed by atoms with E-state index in [4.69, 9.17) is 16.7 Å². The molecule has 0 aliphatic heterocycles. The predicted octanol–water partition coefficient (Wildman–Crippen LogP) is 2.89. The van der Waals surface area contributed by atoms with Gasteiger partial charge in [0.15, 0.2) is 0 Å². The van der Waals surface area contributed by atoms with Crippen LogP contribution in [0.5, 0.6) is 0 Å². The molecule has 0 amide bonds. The molecule has 0 spiro atoms. The van der Waals surface area contributed by atoms with Crippen molar-refractivity contribution in [2.45, 2.75) is 6.92 Å². The molecule has 0 saturated heterocycles. The molecule has 1 aromatic carbocycles. The van der Waals surface area contributed by atoms with Crippen LogP contribution in [0.3, 0.4) is 0 Å². The van der Waals surface area contributed by atoms with Gasteiger partial charge in [-0.1, -0.05) is 11.6 Å². The highest BCUT2D eigenvalue weighted by Crippen LogP contribution is 2.22. The molecule has 0 unspecified atom stereocenters. The van der Waals surface area contributed by atoms with Crippen LogP contribution in [-0.4, -0.2) is 11.1 Å². The van der Waals surface area contributed by atoms with Crippen molar-refractivity contribution in [3.63, 3.8) is 0 Å². The van der Waals surface area contributed by atoms with Gasteiger partial charge in [-0.05, 0) is 30.7 Å². The number of hydrogen-bond donors (Lipinski definition) is 1. The number of carboxylic acids is 1. The molecule has 74 valence electrons. The average molecular weight is 215 g/mol. The number of rotatable bonds is 2. The van der Waals surface area contributed by atoms with Crippen LogP contribution in [-0.2, 0) is 4.79 Å². The Labute approximate surface area is 85.6 Å². The van der Waals surface area contributed by atoms with Gasteiger partial charge in [0.2, 0.25) is 0 Å². The first-order valence-corrected chi connectivity index (χ1v) is 4.25. The lowest BCUT2D eigenvalue weighted by Gasteiger charge is -2.01. The van der Waals surface area contributed by atoms with Crippen molar-refractivity contribution in [1.82, 2.24) is 0 Å². The maximum atomic E-state index is 13.2. The smallest absolute Gasteiger partial charge is 0.328 e. The number of benzene rings is 1. The van der Waals surface area contributed by atoms with E-state index in [2.05, 4.69) is 0 Å². The molecule has 0 atom stereocenters. The normalized spacial score (nSPS) is 10.8. The van der Waals surface area contributed by atoms with E-state index in [0.717, 1.165) is 12.2 Å². The third-order valence-corrected chi connectivity index (χ3v) is 1.93. The molecule has 1 rings (SSSR count). The Hall–Kier alpha value is -1.35. The van der Waals surface area contributed by atoms with Gasteiger partial charge >= 0.3 is 5.97 Å². The summed E-state index contributed by atoms with van der Waals surface area (Å²) in [6.45, 7) is 1.71. The van der Waals surface area contributed by atoms with Crippen molar-refractivity contribution in [3.05, 3.63) is 40.2 Å². The maximum Gasteiger partial charge on any atom is 0.328 e. The zero-order valence-corrected chi connectivity index (χ0v) is 8.18. The molecular weight excluding hydrogens is 207 g/mol. The third kappa shape index (κ3) is 2.57. The van der Waals surface area contributed by atoms with Crippen LogP contribution in [0.15, 0.2) is 18.2 Å². The fourth-order valence-corrected chi connectivity index (χ4v) is 1.35. The SMILES string of the molecule is Cc1cc(F)c(/C=C/C(=O)O)c(Cl)c1. The molecule has 0 heterocycles. The number of carboxylic acid groups (broad SMARTS) is 1. The van der Waals surface area contributed by atoms with Crippen molar-refractivity contribution in [1.29, 1.82) is 0 Å². The molecule has 14 heavy (non-hydrogen) atoms. The van der Waals surface area contributed by atoms with Crippen molar-refractivity contribution in [2.24, 2.45) is 0 Å². The van der Waals surface area contributed by atoms with Gasteiger partial charge in [0.1, 0.15) is 5.82 Å². The number of aliphatic carboxylic acids is 1. The summed E-state index contributed by atoms with van der Waals surface area (Å²) < 4.78 is 13.2. The maximum absolute atomic E-state index is 13.2. The van der Waals surface area contributed by atoms with Gasteiger partial charge in [0.05, 0.1) is 5.02 Å².